The van der Waals surface area contributed by atoms with Crippen molar-refractivity contribution < 1.29 is 5.11 Å². The third-order valence-corrected chi connectivity index (χ3v) is 3.09. The van der Waals surface area contributed by atoms with E-state index in [1.54, 1.807) is 0 Å². The fraction of sp³-hybridized carbons (Fsp3) is 0.455. The molecule has 1 aliphatic rings. The highest BCUT2D eigenvalue weighted by atomic mass is 35.5. The summed E-state index contributed by atoms with van der Waals surface area (Å²) in [6.45, 7) is 2.70. The Morgan fingerprint density at radius 3 is 2.93 bits per heavy atom. The van der Waals surface area contributed by atoms with Gasteiger partial charge in [-0.05, 0) is 30.7 Å². The Labute approximate surface area is 89.1 Å². The van der Waals surface area contributed by atoms with E-state index >= 15 is 0 Å². The summed E-state index contributed by atoms with van der Waals surface area (Å²) in [5.74, 6) is 0.189. The molecule has 0 saturated heterocycles. The molecule has 76 valence electrons. The van der Waals surface area contributed by atoms with Crippen LogP contribution in [0.15, 0.2) is 18.2 Å². The smallest absolute Gasteiger partial charge is 0.0598 e. The first kappa shape index (κ1) is 9.81. The molecule has 0 aromatic heterocycles. The Bertz CT molecular complexity index is 351. The second-order valence-corrected chi connectivity index (χ2v) is 4.37. The van der Waals surface area contributed by atoms with Crippen molar-refractivity contribution in [3.63, 3.8) is 0 Å². The minimum absolute atomic E-state index is 0.189. The van der Waals surface area contributed by atoms with E-state index in [2.05, 4.69) is 4.90 Å². The second kappa shape index (κ2) is 3.44. The third-order valence-electron chi connectivity index (χ3n) is 2.85. The van der Waals surface area contributed by atoms with Gasteiger partial charge in [-0.1, -0.05) is 11.6 Å². The van der Waals surface area contributed by atoms with Gasteiger partial charge in [0.1, 0.15) is 0 Å². The summed E-state index contributed by atoms with van der Waals surface area (Å²) in [6.07, 6.45) is -0.322. The fourth-order valence-corrected chi connectivity index (χ4v) is 2.25. The highest BCUT2D eigenvalue weighted by Crippen LogP contribution is 2.38. The monoisotopic (exact) mass is 211 g/mol. The van der Waals surface area contributed by atoms with Crippen molar-refractivity contribution in [2.75, 3.05) is 18.5 Å². The predicted molar refractivity (Wildman–Crippen MR) is 59.1 cm³/mol. The number of halogens is 1. The summed E-state index contributed by atoms with van der Waals surface area (Å²) < 4.78 is 0. The van der Waals surface area contributed by atoms with Gasteiger partial charge in [0.05, 0.1) is 6.10 Å². The van der Waals surface area contributed by atoms with Gasteiger partial charge in [-0.25, -0.2) is 0 Å². The van der Waals surface area contributed by atoms with Crippen LogP contribution in [0.4, 0.5) is 5.69 Å². The molecule has 0 bridgehead atoms. The van der Waals surface area contributed by atoms with Crippen LogP contribution in [0, 0.1) is 0 Å². The molecule has 1 aliphatic heterocycles. The van der Waals surface area contributed by atoms with Gasteiger partial charge in [0, 0.05) is 30.2 Å². The number of nitrogens with zero attached hydrogens (tertiary/aromatic N) is 1. The Kier molecular flexibility index (Phi) is 2.41. The van der Waals surface area contributed by atoms with Gasteiger partial charge in [0.2, 0.25) is 0 Å². The van der Waals surface area contributed by atoms with E-state index in [9.17, 15) is 5.11 Å². The topological polar surface area (TPSA) is 23.5 Å². The predicted octanol–water partition coefficient (Wildman–Crippen LogP) is 2.25. The number of aliphatic hydroxyl groups excluding tert-OH is 1. The maximum Gasteiger partial charge on any atom is 0.0598 e. The van der Waals surface area contributed by atoms with Crippen LogP contribution in [0.5, 0.6) is 0 Å². The molecule has 1 heterocycles. The van der Waals surface area contributed by atoms with Gasteiger partial charge in [-0.2, -0.15) is 0 Å². The fourth-order valence-electron chi connectivity index (χ4n) is 2.07. The molecule has 2 unspecified atom stereocenters. The molecule has 0 aliphatic carbocycles. The molecule has 2 atom stereocenters. The molecule has 2 rings (SSSR count). The number of fused-ring (bicyclic) bond motifs is 1. The van der Waals surface area contributed by atoms with Crippen molar-refractivity contribution in [2.45, 2.75) is 18.9 Å². The maximum atomic E-state index is 9.64. The molecule has 1 aromatic rings. The molecule has 14 heavy (non-hydrogen) atoms. The molecule has 0 amide bonds. The number of hydrogen-bond acceptors (Lipinski definition) is 2. The van der Waals surface area contributed by atoms with E-state index in [4.69, 9.17) is 11.6 Å². The van der Waals surface area contributed by atoms with E-state index in [-0.39, 0.29) is 12.0 Å². The quantitative estimate of drug-likeness (QED) is 0.771. The van der Waals surface area contributed by atoms with Gasteiger partial charge < -0.3 is 10.0 Å². The number of anilines is 1. The van der Waals surface area contributed by atoms with E-state index < -0.39 is 0 Å². The Hall–Kier alpha value is -0.730. The van der Waals surface area contributed by atoms with Crippen LogP contribution >= 0.6 is 11.6 Å². The van der Waals surface area contributed by atoms with E-state index in [1.165, 1.54) is 5.69 Å². The van der Waals surface area contributed by atoms with E-state index in [0.29, 0.717) is 0 Å². The molecular weight excluding hydrogens is 198 g/mol. The normalized spacial score (nSPS) is 22.3. The Balaban J connectivity index is 2.45. The van der Waals surface area contributed by atoms with Crippen molar-refractivity contribution in [2.24, 2.45) is 0 Å². The molecule has 0 saturated carbocycles. The molecule has 1 aromatic carbocycles. The third kappa shape index (κ3) is 1.49. The summed E-state index contributed by atoms with van der Waals surface area (Å²) in [7, 11) is 2.04. The van der Waals surface area contributed by atoms with Gasteiger partial charge >= 0.3 is 0 Å². The lowest BCUT2D eigenvalue weighted by molar-refractivity contribution is 0.167. The van der Waals surface area contributed by atoms with Crippen molar-refractivity contribution in [1.29, 1.82) is 0 Å². The highest BCUT2D eigenvalue weighted by Gasteiger charge is 2.29. The van der Waals surface area contributed by atoms with Crippen LogP contribution in [0.1, 0.15) is 18.4 Å². The number of likely N-dealkylation sites (N-methyl/N-ethyl adjacent to an activating group) is 1. The zero-order chi connectivity index (χ0) is 10.3. The minimum atomic E-state index is -0.322. The number of hydrogen-bond donors (Lipinski definition) is 1. The van der Waals surface area contributed by atoms with Crippen molar-refractivity contribution in [1.82, 2.24) is 0 Å². The largest absolute Gasteiger partial charge is 0.393 e. The first-order chi connectivity index (χ1) is 6.59. The SMILES string of the molecule is CC(O)C1CN(C)c2ccc(Cl)cc21. The first-order valence-electron chi connectivity index (χ1n) is 4.78. The molecule has 2 nitrogen and oxygen atoms in total. The van der Waals surface area contributed by atoms with E-state index in [0.717, 1.165) is 17.1 Å². The van der Waals surface area contributed by atoms with Gasteiger partial charge in [-0.15, -0.1) is 0 Å². The second-order valence-electron chi connectivity index (χ2n) is 3.93. The van der Waals surface area contributed by atoms with Crippen LogP contribution in [-0.4, -0.2) is 24.8 Å². The zero-order valence-electron chi connectivity index (χ0n) is 8.37. The van der Waals surface area contributed by atoms with Crippen LogP contribution in [0.2, 0.25) is 5.02 Å². The van der Waals surface area contributed by atoms with E-state index in [1.807, 2.05) is 32.2 Å². The van der Waals surface area contributed by atoms with Crippen LogP contribution < -0.4 is 4.90 Å². The lowest BCUT2D eigenvalue weighted by atomic mass is 9.97. The molecule has 0 fully saturated rings. The molecular formula is C11H14ClNO. The number of aliphatic hydroxyl groups is 1. The summed E-state index contributed by atoms with van der Waals surface area (Å²) in [6, 6.07) is 5.86. The molecule has 3 heteroatoms. The van der Waals surface area contributed by atoms with Crippen molar-refractivity contribution >= 4 is 17.3 Å². The number of rotatable bonds is 1. The summed E-state index contributed by atoms with van der Waals surface area (Å²) in [4.78, 5) is 2.16. The standard InChI is InChI=1S/C11H14ClNO/c1-7(14)10-6-13(2)11-4-3-8(12)5-9(10)11/h3-5,7,10,14H,6H2,1-2H3. The molecule has 0 radical (unpaired) electrons. The summed E-state index contributed by atoms with van der Waals surface area (Å²) in [5, 5.41) is 10.4. The van der Waals surface area contributed by atoms with Gasteiger partial charge in [-0.3, -0.25) is 0 Å². The first-order valence-corrected chi connectivity index (χ1v) is 5.16. The summed E-state index contributed by atoms with van der Waals surface area (Å²) >= 11 is 5.94. The minimum Gasteiger partial charge on any atom is -0.393 e. The highest BCUT2D eigenvalue weighted by molar-refractivity contribution is 6.30. The van der Waals surface area contributed by atoms with Crippen molar-refractivity contribution in [3.05, 3.63) is 28.8 Å². The van der Waals surface area contributed by atoms with Crippen LogP contribution in [-0.2, 0) is 0 Å². The van der Waals surface area contributed by atoms with Crippen LogP contribution in [0.3, 0.4) is 0 Å². The van der Waals surface area contributed by atoms with Crippen LogP contribution in [0.25, 0.3) is 0 Å². The number of benzene rings is 1. The average Bonchev–Trinajstić information content (AvgIpc) is 2.43. The maximum absolute atomic E-state index is 9.64. The zero-order valence-corrected chi connectivity index (χ0v) is 9.12. The summed E-state index contributed by atoms with van der Waals surface area (Å²) in [5.41, 5.74) is 2.34. The van der Waals surface area contributed by atoms with Gasteiger partial charge in [0.15, 0.2) is 0 Å². The lowest BCUT2D eigenvalue weighted by Gasteiger charge is -2.14. The Morgan fingerprint density at radius 1 is 1.57 bits per heavy atom. The van der Waals surface area contributed by atoms with Gasteiger partial charge in [0.25, 0.3) is 0 Å². The van der Waals surface area contributed by atoms with Crippen molar-refractivity contribution in [3.8, 4) is 0 Å². The molecule has 0 spiro atoms. The molecule has 1 N–H and O–H groups in total. The lowest BCUT2D eigenvalue weighted by Crippen LogP contribution is -2.21. The Morgan fingerprint density at radius 2 is 2.29 bits per heavy atom. The average molecular weight is 212 g/mol.